The predicted octanol–water partition coefficient (Wildman–Crippen LogP) is 4.09. The number of hydrogen-bond acceptors (Lipinski definition) is 8. The van der Waals surface area contributed by atoms with E-state index in [1.807, 2.05) is 6.07 Å². The summed E-state index contributed by atoms with van der Waals surface area (Å²) in [6.07, 6.45) is 0.00772. The standard InChI is InChI=1S/C19H13N5O4S2/c25-16(22-19-21-14-7-6-13(24(27)28)9-15(14)30-19)8-12-10-29-18(20-12)23-17(26)11-4-2-1-3-5-11/h1-7,9-10H,8H2,(H,20,23,26)(H,21,22,25). The van der Waals surface area contributed by atoms with Crippen LogP contribution >= 0.6 is 22.7 Å². The third-order valence-electron chi connectivity index (χ3n) is 3.98. The molecule has 0 fully saturated rings. The summed E-state index contributed by atoms with van der Waals surface area (Å²) in [5.74, 6) is -0.598. The SMILES string of the molecule is O=C(Cc1csc(NC(=O)c2ccccc2)n1)Nc1nc2ccc([N+](=O)[O-])cc2s1. The molecule has 150 valence electrons. The van der Waals surface area contributed by atoms with E-state index in [1.54, 1.807) is 35.7 Å². The first-order valence-corrected chi connectivity index (χ1v) is 10.3. The first-order chi connectivity index (χ1) is 14.5. The molecule has 0 atom stereocenters. The average Bonchev–Trinajstić information content (AvgIpc) is 3.33. The monoisotopic (exact) mass is 439 g/mol. The van der Waals surface area contributed by atoms with E-state index in [2.05, 4.69) is 20.6 Å². The van der Waals surface area contributed by atoms with E-state index in [4.69, 9.17) is 0 Å². The van der Waals surface area contributed by atoms with Gasteiger partial charge in [0.05, 0.1) is 27.3 Å². The fraction of sp³-hybridized carbons (Fsp3) is 0.0526. The first-order valence-electron chi connectivity index (χ1n) is 8.63. The smallest absolute Gasteiger partial charge is 0.270 e. The fourth-order valence-corrected chi connectivity index (χ4v) is 4.23. The second-order valence-corrected chi connectivity index (χ2v) is 8.01. The van der Waals surface area contributed by atoms with Crippen LogP contribution in [0.4, 0.5) is 16.0 Å². The maximum Gasteiger partial charge on any atom is 0.270 e. The van der Waals surface area contributed by atoms with Crippen molar-refractivity contribution in [2.24, 2.45) is 0 Å². The molecule has 0 saturated carbocycles. The van der Waals surface area contributed by atoms with Crippen LogP contribution in [-0.2, 0) is 11.2 Å². The minimum Gasteiger partial charge on any atom is -0.302 e. The number of non-ortho nitro benzene ring substituents is 1. The number of carbonyl (C=O) groups is 2. The summed E-state index contributed by atoms with van der Waals surface area (Å²) in [5, 5.41) is 18.7. The van der Waals surface area contributed by atoms with Crippen molar-refractivity contribution in [2.45, 2.75) is 6.42 Å². The molecule has 0 spiro atoms. The largest absolute Gasteiger partial charge is 0.302 e. The van der Waals surface area contributed by atoms with Crippen molar-refractivity contribution < 1.29 is 14.5 Å². The Morgan fingerprint density at radius 2 is 1.83 bits per heavy atom. The van der Waals surface area contributed by atoms with Crippen LogP contribution in [0.5, 0.6) is 0 Å². The van der Waals surface area contributed by atoms with Crippen LogP contribution in [-0.4, -0.2) is 26.7 Å². The minimum absolute atomic E-state index is 0.00772. The molecule has 0 aliphatic carbocycles. The number of nitrogens with one attached hydrogen (secondary N) is 2. The van der Waals surface area contributed by atoms with E-state index in [9.17, 15) is 19.7 Å². The number of amides is 2. The van der Waals surface area contributed by atoms with Crippen LogP contribution in [0.3, 0.4) is 0 Å². The highest BCUT2D eigenvalue weighted by molar-refractivity contribution is 7.22. The van der Waals surface area contributed by atoms with E-state index in [0.29, 0.717) is 31.7 Å². The van der Waals surface area contributed by atoms with Crippen LogP contribution in [0.15, 0.2) is 53.9 Å². The van der Waals surface area contributed by atoms with Crippen molar-refractivity contribution >= 4 is 60.7 Å². The molecule has 0 saturated heterocycles. The Morgan fingerprint density at radius 3 is 2.60 bits per heavy atom. The van der Waals surface area contributed by atoms with Gasteiger partial charge in [-0.25, -0.2) is 9.97 Å². The molecular weight excluding hydrogens is 426 g/mol. The summed E-state index contributed by atoms with van der Waals surface area (Å²) in [4.78, 5) is 43.4. The molecule has 0 aliphatic heterocycles. The van der Waals surface area contributed by atoms with Crippen molar-refractivity contribution in [3.63, 3.8) is 0 Å². The number of thiazole rings is 2. The zero-order chi connectivity index (χ0) is 21.1. The Bertz CT molecular complexity index is 1250. The Labute approximate surface area is 177 Å². The predicted molar refractivity (Wildman–Crippen MR) is 115 cm³/mol. The maximum absolute atomic E-state index is 12.3. The molecular formula is C19H13N5O4S2. The van der Waals surface area contributed by atoms with Gasteiger partial charge < -0.3 is 5.32 Å². The highest BCUT2D eigenvalue weighted by atomic mass is 32.1. The molecule has 4 aromatic rings. The number of nitro groups is 1. The molecule has 0 aliphatic rings. The average molecular weight is 439 g/mol. The number of aromatic nitrogens is 2. The number of hydrogen-bond donors (Lipinski definition) is 2. The van der Waals surface area contributed by atoms with Gasteiger partial charge in [-0.15, -0.1) is 11.3 Å². The summed E-state index contributed by atoms with van der Waals surface area (Å²) in [7, 11) is 0. The lowest BCUT2D eigenvalue weighted by Gasteiger charge is -2.01. The van der Waals surface area contributed by atoms with Crippen molar-refractivity contribution in [2.75, 3.05) is 10.6 Å². The summed E-state index contributed by atoms with van der Waals surface area (Å²) >= 11 is 2.39. The molecule has 0 radical (unpaired) electrons. The van der Waals surface area contributed by atoms with E-state index in [1.165, 1.54) is 23.5 Å². The van der Waals surface area contributed by atoms with Gasteiger partial charge in [-0.2, -0.15) is 0 Å². The Balaban J connectivity index is 1.38. The van der Waals surface area contributed by atoms with Crippen LogP contribution in [0.25, 0.3) is 10.2 Å². The number of nitrogens with zero attached hydrogens (tertiary/aromatic N) is 3. The van der Waals surface area contributed by atoms with Gasteiger partial charge in [0.1, 0.15) is 0 Å². The second kappa shape index (κ2) is 8.35. The molecule has 0 unspecified atom stereocenters. The maximum atomic E-state index is 12.3. The topological polar surface area (TPSA) is 127 Å². The van der Waals surface area contributed by atoms with Crippen LogP contribution in [0, 0.1) is 10.1 Å². The van der Waals surface area contributed by atoms with Crippen molar-refractivity contribution in [3.05, 3.63) is 75.3 Å². The highest BCUT2D eigenvalue weighted by Gasteiger charge is 2.14. The van der Waals surface area contributed by atoms with Gasteiger partial charge in [0.25, 0.3) is 11.6 Å². The zero-order valence-corrected chi connectivity index (χ0v) is 16.8. The van der Waals surface area contributed by atoms with Gasteiger partial charge >= 0.3 is 0 Å². The van der Waals surface area contributed by atoms with Gasteiger partial charge in [-0.05, 0) is 18.2 Å². The lowest BCUT2D eigenvalue weighted by Crippen LogP contribution is -2.15. The third-order valence-corrected chi connectivity index (χ3v) is 5.72. The molecule has 9 nitrogen and oxygen atoms in total. The molecule has 2 amide bonds. The molecule has 0 bridgehead atoms. The van der Waals surface area contributed by atoms with Crippen LogP contribution < -0.4 is 10.6 Å². The summed E-state index contributed by atoms with van der Waals surface area (Å²) in [6, 6.07) is 13.1. The summed E-state index contributed by atoms with van der Waals surface area (Å²) < 4.78 is 0.610. The number of nitro benzene ring substituents is 1. The van der Waals surface area contributed by atoms with Crippen LogP contribution in [0.2, 0.25) is 0 Å². The zero-order valence-electron chi connectivity index (χ0n) is 15.2. The molecule has 30 heavy (non-hydrogen) atoms. The van der Waals surface area contributed by atoms with Crippen molar-refractivity contribution in [1.82, 2.24) is 9.97 Å². The second-order valence-electron chi connectivity index (χ2n) is 6.12. The molecule has 4 rings (SSSR count). The van der Waals surface area contributed by atoms with Gasteiger partial charge in [0.15, 0.2) is 10.3 Å². The molecule has 2 aromatic carbocycles. The lowest BCUT2D eigenvalue weighted by molar-refractivity contribution is -0.384. The van der Waals surface area contributed by atoms with Gasteiger partial charge in [-0.1, -0.05) is 29.5 Å². The molecule has 2 heterocycles. The molecule has 11 heteroatoms. The van der Waals surface area contributed by atoms with Gasteiger partial charge in [0, 0.05) is 23.1 Å². The summed E-state index contributed by atoms with van der Waals surface area (Å²) in [6.45, 7) is 0. The van der Waals surface area contributed by atoms with Crippen molar-refractivity contribution in [1.29, 1.82) is 0 Å². The Kier molecular flexibility index (Phi) is 5.46. The van der Waals surface area contributed by atoms with E-state index >= 15 is 0 Å². The quantitative estimate of drug-likeness (QED) is 0.344. The summed E-state index contributed by atoms with van der Waals surface area (Å²) in [5.41, 5.74) is 1.57. The highest BCUT2D eigenvalue weighted by Crippen LogP contribution is 2.29. The van der Waals surface area contributed by atoms with Crippen molar-refractivity contribution in [3.8, 4) is 0 Å². The number of anilines is 2. The number of carbonyl (C=O) groups excluding carboxylic acids is 2. The Morgan fingerprint density at radius 1 is 1.03 bits per heavy atom. The molecule has 2 aromatic heterocycles. The number of fused-ring (bicyclic) bond motifs is 1. The van der Waals surface area contributed by atoms with E-state index in [-0.39, 0.29) is 23.9 Å². The van der Waals surface area contributed by atoms with E-state index in [0.717, 1.165) is 11.3 Å². The van der Waals surface area contributed by atoms with Gasteiger partial charge in [0.2, 0.25) is 5.91 Å². The third kappa shape index (κ3) is 4.47. The molecule has 2 N–H and O–H groups in total. The fourth-order valence-electron chi connectivity index (χ4n) is 2.61. The van der Waals surface area contributed by atoms with E-state index < -0.39 is 4.92 Å². The van der Waals surface area contributed by atoms with Gasteiger partial charge in [-0.3, -0.25) is 25.0 Å². The van der Waals surface area contributed by atoms with Crippen LogP contribution in [0.1, 0.15) is 16.1 Å². The number of rotatable bonds is 6. The number of benzene rings is 2. The lowest BCUT2D eigenvalue weighted by atomic mass is 10.2. The normalized spacial score (nSPS) is 10.7. The first kappa shape index (κ1) is 19.6. The Hall–Kier alpha value is -3.70. The minimum atomic E-state index is -0.478.